The number of carbonyl (C=O) groups excluding carboxylic acids is 2. The minimum Gasteiger partial charge on any atom is -0.482 e. The highest BCUT2D eigenvalue weighted by molar-refractivity contribution is 6.76. The van der Waals surface area contributed by atoms with Crippen LogP contribution in [0.3, 0.4) is 0 Å². The minimum absolute atomic E-state index is 0.0690. The van der Waals surface area contributed by atoms with E-state index < -0.39 is 9.70 Å². The summed E-state index contributed by atoms with van der Waals surface area (Å²) in [5.41, 5.74) is 1.78. The van der Waals surface area contributed by atoms with Crippen molar-refractivity contribution < 1.29 is 14.3 Å². The quantitative estimate of drug-likeness (QED) is 0.721. The molecule has 0 aromatic heterocycles. The Labute approximate surface area is 169 Å². The maximum Gasteiger partial charge on any atom is 0.276 e. The number of hydrogen-bond acceptors (Lipinski definition) is 3. The van der Waals surface area contributed by atoms with Gasteiger partial charge in [0, 0.05) is 10.7 Å². The Balaban J connectivity index is 1.89. The van der Waals surface area contributed by atoms with Gasteiger partial charge in [-0.15, -0.1) is 0 Å². The van der Waals surface area contributed by atoms with Gasteiger partial charge in [0.2, 0.25) is 0 Å². The molecule has 9 heteroatoms. The number of amides is 2. The molecule has 0 fully saturated rings. The van der Waals surface area contributed by atoms with Crippen molar-refractivity contribution in [2.24, 2.45) is 0 Å². The maximum atomic E-state index is 12.3. The molecule has 1 aliphatic heterocycles. The number of nitrogens with zero attached hydrogens (tertiary/aromatic N) is 1. The first-order valence-electron chi connectivity index (χ1n) is 7.44. The molecule has 0 saturated carbocycles. The lowest BCUT2D eigenvalue weighted by atomic mass is 10.1. The molecule has 5 nitrogen and oxygen atoms in total. The second-order valence-electron chi connectivity index (χ2n) is 5.53. The van der Waals surface area contributed by atoms with Gasteiger partial charge in [-0.3, -0.25) is 9.59 Å². The summed E-state index contributed by atoms with van der Waals surface area (Å²) < 4.78 is 3.35. The molecule has 3 rings (SSSR count). The van der Waals surface area contributed by atoms with Gasteiger partial charge >= 0.3 is 0 Å². The summed E-state index contributed by atoms with van der Waals surface area (Å²) in [4.78, 5) is 25.7. The molecule has 0 unspecified atom stereocenters. The molecule has 136 valence electrons. The van der Waals surface area contributed by atoms with Gasteiger partial charge in [0.15, 0.2) is 6.61 Å². The Kier molecular flexibility index (Phi) is 5.53. The van der Waals surface area contributed by atoms with Crippen LogP contribution < -0.4 is 15.0 Å². The highest BCUT2D eigenvalue weighted by atomic mass is 35.6. The van der Waals surface area contributed by atoms with Gasteiger partial charge in [0.05, 0.1) is 12.2 Å². The van der Waals surface area contributed by atoms with E-state index in [2.05, 4.69) is 5.32 Å². The Hall–Kier alpha value is -1.66. The Morgan fingerprint density at radius 1 is 1.15 bits per heavy atom. The summed E-state index contributed by atoms with van der Waals surface area (Å²) in [6.07, 6.45) is 0. The molecule has 2 aromatic rings. The predicted octanol–water partition coefficient (Wildman–Crippen LogP) is 4.57. The van der Waals surface area contributed by atoms with Crippen molar-refractivity contribution in [1.29, 1.82) is 0 Å². The van der Waals surface area contributed by atoms with Crippen LogP contribution in [0.2, 0.25) is 5.02 Å². The van der Waals surface area contributed by atoms with Crippen LogP contribution in [0.5, 0.6) is 5.75 Å². The third-order valence-electron chi connectivity index (χ3n) is 3.67. The number of halogens is 4. The molecule has 0 spiro atoms. The fourth-order valence-corrected chi connectivity index (χ4v) is 2.70. The molecule has 0 bridgehead atoms. The van der Waals surface area contributed by atoms with E-state index in [4.69, 9.17) is 51.1 Å². The van der Waals surface area contributed by atoms with Crippen LogP contribution >= 0.6 is 46.4 Å². The summed E-state index contributed by atoms with van der Waals surface area (Å²) in [5.74, 6) is -0.488. The first-order chi connectivity index (χ1) is 12.2. The van der Waals surface area contributed by atoms with Gasteiger partial charge in [-0.25, -0.2) is 0 Å². The van der Waals surface area contributed by atoms with Crippen molar-refractivity contribution in [3.63, 3.8) is 0 Å². The molecule has 0 aliphatic carbocycles. The molecular weight excluding hydrogens is 422 g/mol. The standard InChI is InChI=1S/C17H12Cl4N2O3/c18-11-3-1-10(2-4-11)8-23-13-7-12(22-16(25)17(19,20)21)5-6-14(13)26-9-15(23)24/h1-7H,8-9H2,(H,22,25). The van der Waals surface area contributed by atoms with Crippen molar-refractivity contribution >= 4 is 69.6 Å². The normalized spacial score (nSPS) is 13.8. The topological polar surface area (TPSA) is 58.6 Å². The van der Waals surface area contributed by atoms with Gasteiger partial charge in [-0.1, -0.05) is 58.5 Å². The van der Waals surface area contributed by atoms with E-state index in [1.807, 2.05) is 12.1 Å². The molecule has 1 aliphatic rings. The second-order valence-corrected chi connectivity index (χ2v) is 8.25. The van der Waals surface area contributed by atoms with E-state index in [0.29, 0.717) is 28.7 Å². The van der Waals surface area contributed by atoms with Crippen molar-refractivity contribution in [3.8, 4) is 5.75 Å². The fourth-order valence-electron chi connectivity index (χ4n) is 2.43. The van der Waals surface area contributed by atoms with Crippen molar-refractivity contribution in [3.05, 3.63) is 53.1 Å². The Bertz CT molecular complexity index is 850. The van der Waals surface area contributed by atoms with E-state index in [0.717, 1.165) is 5.56 Å². The summed E-state index contributed by atoms with van der Waals surface area (Å²) >= 11 is 22.6. The first-order valence-corrected chi connectivity index (χ1v) is 8.95. The number of benzene rings is 2. The van der Waals surface area contributed by atoms with Crippen LogP contribution in [0, 0.1) is 0 Å². The Morgan fingerprint density at radius 3 is 2.50 bits per heavy atom. The maximum absolute atomic E-state index is 12.3. The average molecular weight is 434 g/mol. The number of anilines is 2. The minimum atomic E-state index is -2.09. The van der Waals surface area contributed by atoms with Gasteiger partial charge in [-0.2, -0.15) is 0 Å². The van der Waals surface area contributed by atoms with E-state index >= 15 is 0 Å². The number of carbonyl (C=O) groups is 2. The molecule has 2 amide bonds. The zero-order valence-corrected chi connectivity index (χ0v) is 16.2. The number of alkyl halides is 3. The highest BCUT2D eigenvalue weighted by Crippen LogP contribution is 2.36. The van der Waals surface area contributed by atoms with Gasteiger partial charge < -0.3 is 15.0 Å². The van der Waals surface area contributed by atoms with Crippen LogP contribution in [0.25, 0.3) is 0 Å². The van der Waals surface area contributed by atoms with Crippen molar-refractivity contribution in [2.45, 2.75) is 10.3 Å². The number of hydrogen-bond donors (Lipinski definition) is 1. The molecular formula is C17H12Cl4N2O3. The monoisotopic (exact) mass is 432 g/mol. The third-order valence-corrected chi connectivity index (χ3v) is 4.44. The molecule has 0 radical (unpaired) electrons. The molecule has 1 heterocycles. The molecule has 2 aromatic carbocycles. The second kappa shape index (κ2) is 7.53. The number of rotatable bonds is 3. The van der Waals surface area contributed by atoms with Gasteiger partial charge in [-0.05, 0) is 35.9 Å². The number of ether oxygens (including phenoxy) is 1. The molecule has 0 atom stereocenters. The lowest BCUT2D eigenvalue weighted by Crippen LogP contribution is -2.38. The highest BCUT2D eigenvalue weighted by Gasteiger charge is 2.31. The SMILES string of the molecule is O=C1COc2ccc(NC(=O)C(Cl)(Cl)Cl)cc2N1Cc1ccc(Cl)cc1. The van der Waals surface area contributed by atoms with Crippen LogP contribution in [0.4, 0.5) is 11.4 Å². The first kappa shape index (κ1) is 19.1. The van der Waals surface area contributed by atoms with E-state index in [1.54, 1.807) is 35.2 Å². The van der Waals surface area contributed by atoms with Crippen molar-refractivity contribution in [1.82, 2.24) is 0 Å². The molecule has 0 saturated heterocycles. The molecule has 1 N–H and O–H groups in total. The summed E-state index contributed by atoms with van der Waals surface area (Å²) in [7, 11) is 0. The predicted molar refractivity (Wildman–Crippen MR) is 103 cm³/mol. The zero-order chi connectivity index (χ0) is 18.9. The van der Waals surface area contributed by atoms with Crippen molar-refractivity contribution in [2.75, 3.05) is 16.8 Å². The van der Waals surface area contributed by atoms with Gasteiger partial charge in [0.25, 0.3) is 15.6 Å². The van der Waals surface area contributed by atoms with Crippen LogP contribution in [0.1, 0.15) is 5.56 Å². The smallest absolute Gasteiger partial charge is 0.276 e. The molecule has 26 heavy (non-hydrogen) atoms. The summed E-state index contributed by atoms with van der Waals surface area (Å²) in [6.45, 7) is 0.259. The van der Waals surface area contributed by atoms with Crippen LogP contribution in [-0.2, 0) is 16.1 Å². The van der Waals surface area contributed by atoms with E-state index in [-0.39, 0.29) is 12.5 Å². The number of nitrogens with one attached hydrogen (secondary N) is 1. The van der Waals surface area contributed by atoms with Crippen LogP contribution in [-0.4, -0.2) is 22.2 Å². The summed E-state index contributed by atoms with van der Waals surface area (Å²) in [5, 5.41) is 3.10. The average Bonchev–Trinajstić information content (AvgIpc) is 2.58. The Morgan fingerprint density at radius 2 is 1.85 bits per heavy atom. The van der Waals surface area contributed by atoms with Gasteiger partial charge in [0.1, 0.15) is 5.75 Å². The lowest BCUT2D eigenvalue weighted by Gasteiger charge is -2.30. The zero-order valence-electron chi connectivity index (χ0n) is 13.1. The largest absolute Gasteiger partial charge is 0.482 e. The van der Waals surface area contributed by atoms with E-state index in [1.165, 1.54) is 0 Å². The fraction of sp³-hybridized carbons (Fsp3) is 0.176. The summed E-state index contributed by atoms with van der Waals surface area (Å²) in [6, 6.07) is 12.0. The van der Waals surface area contributed by atoms with E-state index in [9.17, 15) is 9.59 Å². The lowest BCUT2D eigenvalue weighted by molar-refractivity contribution is -0.121. The number of fused-ring (bicyclic) bond motifs is 1. The third kappa shape index (κ3) is 4.35. The van der Waals surface area contributed by atoms with Crippen LogP contribution in [0.15, 0.2) is 42.5 Å².